The number of fused-ring (bicyclic) bond motifs is 8. The Morgan fingerprint density at radius 1 is 0.404 bits per heavy atom. The molecule has 0 atom stereocenters. The van der Waals surface area contributed by atoms with Crippen LogP contribution in [0.25, 0.3) is 100 Å². The SMILES string of the molecule is c1ccc(-c2ccc3cc(-c4nc(-c5ccccc5-c5ccccc5)nc(-n5c6ccccc6c6c7cccc8c7n(c65)-c5ccccc5S8)n4)ccc3c2)cc1. The fraction of sp³-hybridized carbons (Fsp3) is 0. The van der Waals surface area contributed by atoms with Crippen LogP contribution in [-0.4, -0.2) is 24.1 Å². The van der Waals surface area contributed by atoms with Gasteiger partial charge in [-0.15, -0.1) is 0 Å². The maximum Gasteiger partial charge on any atom is 0.239 e. The van der Waals surface area contributed by atoms with Crippen molar-refractivity contribution in [1.29, 1.82) is 0 Å². The molecule has 0 unspecified atom stereocenters. The molecule has 0 aliphatic carbocycles. The van der Waals surface area contributed by atoms with E-state index in [1.54, 1.807) is 0 Å². The average Bonchev–Trinajstić information content (AvgIpc) is 3.81. The molecule has 57 heavy (non-hydrogen) atoms. The fourth-order valence-corrected chi connectivity index (χ4v) is 9.68. The molecule has 11 aromatic rings. The number of benzene rings is 8. The first-order valence-corrected chi connectivity index (χ1v) is 19.9. The summed E-state index contributed by atoms with van der Waals surface area (Å²) in [5.41, 5.74) is 10.9. The Labute approximate surface area is 332 Å². The molecule has 8 aromatic carbocycles. The lowest BCUT2D eigenvalue weighted by atomic mass is 9.99. The lowest BCUT2D eigenvalue weighted by Crippen LogP contribution is -2.10. The van der Waals surface area contributed by atoms with Crippen LogP contribution in [0.4, 0.5) is 0 Å². The Bertz CT molecular complexity index is 3380. The molecule has 0 bridgehead atoms. The third-order valence-electron chi connectivity index (χ3n) is 11.2. The summed E-state index contributed by atoms with van der Waals surface area (Å²) in [6.07, 6.45) is 0. The highest BCUT2D eigenvalue weighted by Crippen LogP contribution is 2.49. The predicted molar refractivity (Wildman–Crippen MR) is 234 cm³/mol. The minimum atomic E-state index is 0.569. The Balaban J connectivity index is 1.15. The normalized spacial score (nSPS) is 12.1. The standard InChI is InChI=1S/C51H31N5S/c1-3-14-32(15-4-1)34-26-27-36-31-37(29-28-35(36)30-34)48-52-49(39-19-8-7-18-38(39)33-16-5-2-6-17-33)54-51(53-48)56-42-22-10-9-20-40(42)46-41-21-13-25-45-47(41)55(50(46)56)43-23-11-12-24-44(43)57-45/h1-31H. The van der Waals surface area contributed by atoms with Crippen LogP contribution in [0, 0.1) is 0 Å². The highest BCUT2D eigenvalue weighted by Gasteiger charge is 2.29. The van der Waals surface area contributed by atoms with Gasteiger partial charge in [-0.2, -0.15) is 9.97 Å². The molecule has 5 nitrogen and oxygen atoms in total. The van der Waals surface area contributed by atoms with Crippen molar-refractivity contribution in [1.82, 2.24) is 24.1 Å². The van der Waals surface area contributed by atoms with Gasteiger partial charge in [-0.3, -0.25) is 9.13 Å². The molecule has 266 valence electrons. The molecule has 0 spiro atoms. The van der Waals surface area contributed by atoms with E-state index in [4.69, 9.17) is 15.0 Å². The van der Waals surface area contributed by atoms with Gasteiger partial charge in [0.2, 0.25) is 5.95 Å². The van der Waals surface area contributed by atoms with Crippen LogP contribution in [0.2, 0.25) is 0 Å². The number of hydrogen-bond acceptors (Lipinski definition) is 4. The monoisotopic (exact) mass is 745 g/mol. The molecule has 0 saturated carbocycles. The lowest BCUT2D eigenvalue weighted by molar-refractivity contribution is 0.927. The van der Waals surface area contributed by atoms with E-state index in [2.05, 4.69) is 191 Å². The summed E-state index contributed by atoms with van der Waals surface area (Å²) in [5, 5.41) is 5.85. The topological polar surface area (TPSA) is 48.5 Å². The van der Waals surface area contributed by atoms with Gasteiger partial charge in [-0.05, 0) is 69.4 Å². The smallest absolute Gasteiger partial charge is 0.239 e. The van der Waals surface area contributed by atoms with Crippen molar-refractivity contribution in [2.45, 2.75) is 9.79 Å². The van der Waals surface area contributed by atoms with Gasteiger partial charge in [-0.25, -0.2) is 4.98 Å². The van der Waals surface area contributed by atoms with E-state index in [1.165, 1.54) is 37.2 Å². The molecule has 6 heteroatoms. The van der Waals surface area contributed by atoms with Crippen molar-refractivity contribution in [3.05, 3.63) is 188 Å². The third-order valence-corrected chi connectivity index (χ3v) is 12.3. The summed E-state index contributed by atoms with van der Waals surface area (Å²) < 4.78 is 4.68. The van der Waals surface area contributed by atoms with E-state index in [0.29, 0.717) is 17.6 Å². The van der Waals surface area contributed by atoms with Crippen LogP contribution in [0.3, 0.4) is 0 Å². The van der Waals surface area contributed by atoms with E-state index >= 15 is 0 Å². The average molecular weight is 746 g/mol. The number of aromatic nitrogens is 5. The first-order valence-electron chi connectivity index (χ1n) is 19.1. The van der Waals surface area contributed by atoms with Gasteiger partial charge >= 0.3 is 0 Å². The van der Waals surface area contributed by atoms with Crippen LogP contribution >= 0.6 is 11.8 Å². The molecule has 0 N–H and O–H groups in total. The summed E-state index contributed by atoms with van der Waals surface area (Å²) in [5.74, 6) is 1.80. The van der Waals surface area contributed by atoms with Crippen molar-refractivity contribution < 1.29 is 0 Å². The van der Waals surface area contributed by atoms with Crippen molar-refractivity contribution in [2.24, 2.45) is 0 Å². The van der Waals surface area contributed by atoms with Crippen molar-refractivity contribution in [2.75, 3.05) is 0 Å². The second-order valence-corrected chi connectivity index (χ2v) is 15.5. The molecular formula is C51H31N5S. The van der Waals surface area contributed by atoms with Gasteiger partial charge < -0.3 is 0 Å². The van der Waals surface area contributed by atoms with E-state index in [-0.39, 0.29) is 0 Å². The summed E-state index contributed by atoms with van der Waals surface area (Å²) in [6, 6.07) is 66.5. The first-order chi connectivity index (χ1) is 28.3. The van der Waals surface area contributed by atoms with Crippen LogP contribution < -0.4 is 0 Å². The molecule has 0 saturated heterocycles. The third kappa shape index (κ3) is 5.01. The second-order valence-electron chi connectivity index (χ2n) is 14.4. The van der Waals surface area contributed by atoms with E-state index in [0.717, 1.165) is 55.3 Å². The highest BCUT2D eigenvalue weighted by atomic mass is 32.2. The maximum atomic E-state index is 5.43. The first kappa shape index (κ1) is 32.0. The highest BCUT2D eigenvalue weighted by molar-refractivity contribution is 7.99. The minimum Gasteiger partial charge on any atom is -0.293 e. The number of nitrogens with zero attached hydrogens (tertiary/aromatic N) is 5. The summed E-state index contributed by atoms with van der Waals surface area (Å²) >= 11 is 1.83. The lowest BCUT2D eigenvalue weighted by Gasteiger charge is -2.20. The van der Waals surface area contributed by atoms with Crippen LogP contribution in [0.1, 0.15) is 0 Å². The van der Waals surface area contributed by atoms with Crippen molar-refractivity contribution in [3.63, 3.8) is 0 Å². The van der Waals surface area contributed by atoms with Gasteiger partial charge in [0.05, 0.1) is 16.7 Å². The van der Waals surface area contributed by atoms with E-state index in [9.17, 15) is 0 Å². The largest absolute Gasteiger partial charge is 0.293 e. The Morgan fingerprint density at radius 3 is 1.88 bits per heavy atom. The fourth-order valence-electron chi connectivity index (χ4n) is 8.59. The number of hydrogen-bond donors (Lipinski definition) is 0. The Hall–Kier alpha value is -7.28. The molecule has 1 aliphatic heterocycles. The summed E-state index contributed by atoms with van der Waals surface area (Å²) in [6.45, 7) is 0. The van der Waals surface area contributed by atoms with E-state index in [1.807, 2.05) is 17.8 Å². The van der Waals surface area contributed by atoms with Gasteiger partial charge in [-0.1, -0.05) is 163 Å². The summed E-state index contributed by atoms with van der Waals surface area (Å²) in [7, 11) is 0. The molecule has 0 fully saturated rings. The zero-order valence-corrected chi connectivity index (χ0v) is 31.4. The minimum absolute atomic E-state index is 0.569. The maximum absolute atomic E-state index is 5.43. The van der Waals surface area contributed by atoms with Crippen molar-refractivity contribution >= 4 is 55.4 Å². The zero-order chi connectivity index (χ0) is 37.5. The molecule has 4 heterocycles. The number of para-hydroxylation sites is 3. The molecule has 12 rings (SSSR count). The predicted octanol–water partition coefficient (Wildman–Crippen LogP) is 13.2. The van der Waals surface area contributed by atoms with Crippen LogP contribution in [0.5, 0.6) is 0 Å². The molecule has 0 amide bonds. The molecular weight excluding hydrogens is 715 g/mol. The van der Waals surface area contributed by atoms with Gasteiger partial charge in [0.15, 0.2) is 11.6 Å². The van der Waals surface area contributed by atoms with Gasteiger partial charge in [0, 0.05) is 37.1 Å². The zero-order valence-electron chi connectivity index (χ0n) is 30.5. The molecule has 0 radical (unpaired) electrons. The van der Waals surface area contributed by atoms with Crippen molar-refractivity contribution in [3.8, 4) is 56.7 Å². The van der Waals surface area contributed by atoms with E-state index < -0.39 is 0 Å². The second kappa shape index (κ2) is 12.6. The Kier molecular flexibility index (Phi) is 7.09. The number of rotatable bonds is 5. The molecule has 1 aliphatic rings. The van der Waals surface area contributed by atoms with Crippen LogP contribution in [0.15, 0.2) is 198 Å². The quantitative estimate of drug-likeness (QED) is 0.176. The van der Waals surface area contributed by atoms with Gasteiger partial charge in [0.1, 0.15) is 5.65 Å². The Morgan fingerprint density at radius 2 is 1.04 bits per heavy atom. The van der Waals surface area contributed by atoms with Gasteiger partial charge in [0.25, 0.3) is 0 Å². The molecule has 3 aromatic heterocycles. The summed E-state index contributed by atoms with van der Waals surface area (Å²) in [4.78, 5) is 18.6. The van der Waals surface area contributed by atoms with Crippen LogP contribution in [-0.2, 0) is 0 Å².